The number of nitrogens with zero attached hydrogens (tertiary/aromatic N) is 2. The summed E-state index contributed by atoms with van der Waals surface area (Å²) in [5.41, 5.74) is 8.36. The Hall–Kier alpha value is -2.56. The van der Waals surface area contributed by atoms with Gasteiger partial charge in [0.25, 0.3) is 0 Å². The SMILES string of the molecule is Cc1cccc(OCCc2nc3nc(N)ccc3[nH]2)c1. The monoisotopic (exact) mass is 268 g/mol. The molecule has 0 spiro atoms. The molecule has 2 heterocycles. The molecule has 0 saturated carbocycles. The molecular formula is C15H16N4O. The Morgan fingerprint density at radius 2 is 2.10 bits per heavy atom. The molecule has 0 saturated heterocycles. The fourth-order valence-corrected chi connectivity index (χ4v) is 2.05. The fourth-order valence-electron chi connectivity index (χ4n) is 2.05. The minimum absolute atomic E-state index is 0.478. The van der Waals surface area contributed by atoms with Crippen molar-refractivity contribution in [1.29, 1.82) is 0 Å². The van der Waals surface area contributed by atoms with E-state index < -0.39 is 0 Å². The van der Waals surface area contributed by atoms with Gasteiger partial charge in [0.15, 0.2) is 5.65 Å². The number of fused-ring (bicyclic) bond motifs is 1. The highest BCUT2D eigenvalue weighted by atomic mass is 16.5. The quantitative estimate of drug-likeness (QED) is 0.762. The number of H-pyrrole nitrogens is 1. The molecule has 2 aromatic heterocycles. The van der Waals surface area contributed by atoms with Crippen molar-refractivity contribution in [3.63, 3.8) is 0 Å². The molecule has 3 aromatic rings. The van der Waals surface area contributed by atoms with Crippen LogP contribution in [-0.4, -0.2) is 21.6 Å². The molecular weight excluding hydrogens is 252 g/mol. The van der Waals surface area contributed by atoms with Crippen LogP contribution in [0.15, 0.2) is 36.4 Å². The van der Waals surface area contributed by atoms with Crippen molar-refractivity contribution in [1.82, 2.24) is 15.0 Å². The lowest BCUT2D eigenvalue weighted by atomic mass is 10.2. The molecule has 5 heteroatoms. The Kier molecular flexibility index (Phi) is 3.25. The van der Waals surface area contributed by atoms with Crippen molar-refractivity contribution in [3.05, 3.63) is 47.8 Å². The number of aromatic amines is 1. The minimum Gasteiger partial charge on any atom is -0.493 e. The average molecular weight is 268 g/mol. The van der Waals surface area contributed by atoms with Gasteiger partial charge in [-0.05, 0) is 36.8 Å². The van der Waals surface area contributed by atoms with E-state index >= 15 is 0 Å². The lowest BCUT2D eigenvalue weighted by Gasteiger charge is -2.05. The summed E-state index contributed by atoms with van der Waals surface area (Å²) in [6.07, 6.45) is 0.699. The summed E-state index contributed by atoms with van der Waals surface area (Å²) in [5, 5.41) is 0. The summed E-state index contributed by atoms with van der Waals surface area (Å²) in [6, 6.07) is 11.6. The van der Waals surface area contributed by atoms with E-state index in [9.17, 15) is 0 Å². The van der Waals surface area contributed by atoms with Gasteiger partial charge in [0, 0.05) is 6.42 Å². The van der Waals surface area contributed by atoms with Crippen molar-refractivity contribution in [2.24, 2.45) is 0 Å². The zero-order chi connectivity index (χ0) is 13.9. The van der Waals surface area contributed by atoms with Gasteiger partial charge in [-0.1, -0.05) is 12.1 Å². The normalized spacial score (nSPS) is 10.8. The van der Waals surface area contributed by atoms with Gasteiger partial charge in [0.1, 0.15) is 17.4 Å². The largest absolute Gasteiger partial charge is 0.493 e. The number of pyridine rings is 1. The second-order valence-electron chi connectivity index (χ2n) is 4.71. The van der Waals surface area contributed by atoms with Crippen LogP contribution in [0.5, 0.6) is 5.75 Å². The number of anilines is 1. The molecule has 0 radical (unpaired) electrons. The van der Waals surface area contributed by atoms with Crippen LogP contribution in [0.3, 0.4) is 0 Å². The topological polar surface area (TPSA) is 76.8 Å². The summed E-state index contributed by atoms with van der Waals surface area (Å²) in [7, 11) is 0. The van der Waals surface area contributed by atoms with Gasteiger partial charge in [-0.15, -0.1) is 0 Å². The first-order valence-electron chi connectivity index (χ1n) is 6.51. The Labute approximate surface area is 116 Å². The summed E-state index contributed by atoms with van der Waals surface area (Å²) >= 11 is 0. The Balaban J connectivity index is 1.65. The molecule has 0 bridgehead atoms. The summed E-state index contributed by atoms with van der Waals surface area (Å²) in [6.45, 7) is 2.61. The van der Waals surface area contributed by atoms with E-state index in [1.165, 1.54) is 5.56 Å². The van der Waals surface area contributed by atoms with Crippen LogP contribution in [0.1, 0.15) is 11.4 Å². The number of aromatic nitrogens is 3. The summed E-state index contributed by atoms with van der Waals surface area (Å²) in [5.74, 6) is 2.21. The lowest BCUT2D eigenvalue weighted by molar-refractivity contribution is 0.319. The molecule has 0 aliphatic heterocycles. The molecule has 0 fully saturated rings. The molecule has 3 N–H and O–H groups in total. The van der Waals surface area contributed by atoms with Gasteiger partial charge in [-0.25, -0.2) is 9.97 Å². The van der Waals surface area contributed by atoms with Gasteiger partial charge in [0.05, 0.1) is 12.1 Å². The van der Waals surface area contributed by atoms with Gasteiger partial charge in [-0.3, -0.25) is 0 Å². The van der Waals surface area contributed by atoms with E-state index in [4.69, 9.17) is 10.5 Å². The Morgan fingerprint density at radius 3 is 2.95 bits per heavy atom. The second kappa shape index (κ2) is 5.21. The van der Waals surface area contributed by atoms with Crippen molar-refractivity contribution in [3.8, 4) is 5.75 Å². The van der Waals surface area contributed by atoms with E-state index in [2.05, 4.69) is 15.0 Å². The summed E-state index contributed by atoms with van der Waals surface area (Å²) < 4.78 is 5.71. The Morgan fingerprint density at radius 1 is 1.20 bits per heavy atom. The fraction of sp³-hybridized carbons (Fsp3) is 0.200. The molecule has 5 nitrogen and oxygen atoms in total. The van der Waals surface area contributed by atoms with Crippen molar-refractivity contribution in [2.45, 2.75) is 13.3 Å². The number of benzene rings is 1. The smallest absolute Gasteiger partial charge is 0.179 e. The third-order valence-corrected chi connectivity index (χ3v) is 3.01. The molecule has 102 valence electrons. The molecule has 3 rings (SSSR count). The predicted molar refractivity (Wildman–Crippen MR) is 78.7 cm³/mol. The zero-order valence-electron chi connectivity index (χ0n) is 11.3. The zero-order valence-corrected chi connectivity index (χ0v) is 11.3. The van der Waals surface area contributed by atoms with Crippen LogP contribution in [0.4, 0.5) is 5.82 Å². The Bertz CT molecular complexity index is 736. The van der Waals surface area contributed by atoms with Crippen molar-refractivity contribution < 1.29 is 4.74 Å². The number of rotatable bonds is 4. The average Bonchev–Trinajstić information content (AvgIpc) is 2.80. The highest BCUT2D eigenvalue weighted by Crippen LogP contribution is 2.14. The number of nitrogens with two attached hydrogens (primary N) is 1. The van der Waals surface area contributed by atoms with Crippen molar-refractivity contribution in [2.75, 3.05) is 12.3 Å². The first kappa shape index (κ1) is 12.5. The van der Waals surface area contributed by atoms with Crippen LogP contribution in [0.2, 0.25) is 0 Å². The molecule has 0 amide bonds. The number of ether oxygens (including phenoxy) is 1. The van der Waals surface area contributed by atoms with Crippen LogP contribution < -0.4 is 10.5 Å². The standard InChI is InChI=1S/C15H16N4O/c1-10-3-2-4-11(9-10)20-8-7-14-17-12-5-6-13(16)18-15(12)19-14/h2-6,9H,7-8H2,1H3,(H3,16,17,18,19). The molecule has 1 aromatic carbocycles. The molecule has 0 aliphatic carbocycles. The highest BCUT2D eigenvalue weighted by molar-refractivity contribution is 5.72. The van der Waals surface area contributed by atoms with E-state index in [-0.39, 0.29) is 0 Å². The number of nitrogen functional groups attached to an aromatic ring is 1. The number of imidazole rings is 1. The first-order chi connectivity index (χ1) is 9.70. The highest BCUT2D eigenvalue weighted by Gasteiger charge is 2.04. The number of hydrogen-bond donors (Lipinski definition) is 2. The number of aryl methyl sites for hydroxylation is 1. The molecule has 0 atom stereocenters. The minimum atomic E-state index is 0.478. The first-order valence-corrected chi connectivity index (χ1v) is 6.51. The van der Waals surface area contributed by atoms with Crippen LogP contribution in [-0.2, 0) is 6.42 Å². The maximum atomic E-state index is 5.71. The predicted octanol–water partition coefficient (Wildman–Crippen LogP) is 2.47. The van der Waals surface area contributed by atoms with E-state index in [1.54, 1.807) is 6.07 Å². The maximum Gasteiger partial charge on any atom is 0.179 e. The second-order valence-corrected chi connectivity index (χ2v) is 4.71. The van der Waals surface area contributed by atoms with Crippen LogP contribution >= 0.6 is 0 Å². The van der Waals surface area contributed by atoms with E-state index in [1.807, 2.05) is 37.3 Å². The molecule has 0 aliphatic rings. The lowest BCUT2D eigenvalue weighted by Crippen LogP contribution is -2.02. The molecule has 0 unspecified atom stereocenters. The van der Waals surface area contributed by atoms with Gasteiger partial charge in [0.2, 0.25) is 0 Å². The summed E-state index contributed by atoms with van der Waals surface area (Å²) in [4.78, 5) is 11.8. The third-order valence-electron chi connectivity index (χ3n) is 3.01. The van der Waals surface area contributed by atoms with Crippen molar-refractivity contribution >= 4 is 17.0 Å². The number of hydrogen-bond acceptors (Lipinski definition) is 4. The van der Waals surface area contributed by atoms with E-state index in [0.29, 0.717) is 24.5 Å². The van der Waals surface area contributed by atoms with Gasteiger partial charge in [-0.2, -0.15) is 0 Å². The third kappa shape index (κ3) is 2.71. The number of nitrogens with one attached hydrogen (secondary N) is 1. The van der Waals surface area contributed by atoms with E-state index in [0.717, 1.165) is 17.1 Å². The molecule has 20 heavy (non-hydrogen) atoms. The maximum absolute atomic E-state index is 5.71. The van der Waals surface area contributed by atoms with Crippen LogP contribution in [0.25, 0.3) is 11.2 Å². The van der Waals surface area contributed by atoms with Crippen LogP contribution in [0, 0.1) is 6.92 Å². The van der Waals surface area contributed by atoms with Gasteiger partial charge < -0.3 is 15.5 Å². The van der Waals surface area contributed by atoms with Gasteiger partial charge >= 0.3 is 0 Å².